The molecule has 112 valence electrons. The van der Waals surface area contributed by atoms with E-state index in [1.54, 1.807) is 0 Å². The van der Waals surface area contributed by atoms with E-state index in [4.69, 9.17) is 14.7 Å². The molecule has 0 radical (unpaired) electrons. The average molecular weight is 302 g/mol. The largest absolute Gasteiger partial charge is 0.457 e. The quantitative estimate of drug-likeness (QED) is 0.335. The van der Waals surface area contributed by atoms with Crippen molar-refractivity contribution >= 4 is 18.0 Å². The predicted octanol–water partition coefficient (Wildman–Crippen LogP) is 2.54. The molecule has 1 aliphatic carbocycles. The molecule has 0 unspecified atom stereocenters. The first-order valence-corrected chi connectivity index (χ1v) is 6.60. The van der Waals surface area contributed by atoms with Crippen LogP contribution in [0.2, 0.25) is 0 Å². The molecule has 0 amide bonds. The monoisotopic (exact) mass is 302 g/mol. The lowest BCUT2D eigenvalue weighted by atomic mass is 9.95. The van der Waals surface area contributed by atoms with Crippen LogP contribution in [0, 0.1) is 0 Å². The Morgan fingerprint density at radius 3 is 2.42 bits per heavy atom. The average Bonchev–Trinajstić information content (AvgIpc) is 2.39. The van der Waals surface area contributed by atoms with Gasteiger partial charge in [-0.1, -0.05) is 5.04 Å². The van der Waals surface area contributed by atoms with Crippen molar-refractivity contribution in [3.63, 3.8) is 0 Å². The second-order valence-corrected chi connectivity index (χ2v) is 4.82. The molecule has 6 nitrogen and oxygen atoms in total. The summed E-state index contributed by atoms with van der Waals surface area (Å²) < 4.78 is 39.9. The van der Waals surface area contributed by atoms with Gasteiger partial charge in [-0.15, -0.1) is 4.33 Å². The van der Waals surface area contributed by atoms with Crippen molar-refractivity contribution < 1.29 is 37.7 Å². The van der Waals surface area contributed by atoms with E-state index in [2.05, 4.69) is 9.37 Å². The first-order valence-electron chi connectivity index (χ1n) is 5.86. The molecule has 1 N–H and O–H groups in total. The summed E-state index contributed by atoms with van der Waals surface area (Å²) in [6.07, 6.45) is 1.84. The van der Waals surface area contributed by atoms with E-state index in [1.807, 2.05) is 6.92 Å². The minimum Gasteiger partial charge on any atom is -0.457 e. The van der Waals surface area contributed by atoms with Crippen molar-refractivity contribution in [3.05, 3.63) is 0 Å². The third-order valence-corrected chi connectivity index (χ3v) is 3.21. The molecule has 1 saturated carbocycles. The molecular weight excluding hydrogens is 286 g/mol. The van der Waals surface area contributed by atoms with E-state index in [1.165, 1.54) is 0 Å². The summed E-state index contributed by atoms with van der Waals surface area (Å²) in [5, 5.41) is 6.86. The zero-order chi connectivity index (χ0) is 14.3. The lowest BCUT2D eigenvalue weighted by Crippen LogP contribution is -2.34. The standard InChI is InChI=1S/C10H16F2O6S/c1-2-15-7-3-5-8(6-4-7)16-9(13)10(11,12)19-18-17-14/h7-8,14H,2-6H2,1H3. The number of esters is 1. The Hall–Kier alpha value is -0.480. The smallest absolute Gasteiger partial charge is 0.415 e. The third-order valence-electron chi connectivity index (χ3n) is 2.70. The summed E-state index contributed by atoms with van der Waals surface area (Å²) in [4.78, 5) is 11.2. The van der Waals surface area contributed by atoms with Crippen LogP contribution < -0.4 is 0 Å². The molecule has 0 heterocycles. The molecule has 9 heteroatoms. The lowest BCUT2D eigenvalue weighted by Gasteiger charge is -2.28. The summed E-state index contributed by atoms with van der Waals surface area (Å²) in [5.74, 6) is -1.71. The summed E-state index contributed by atoms with van der Waals surface area (Å²) in [6.45, 7) is 2.48. The summed E-state index contributed by atoms with van der Waals surface area (Å²) in [7, 11) is 0. The van der Waals surface area contributed by atoms with Crippen LogP contribution in [0.25, 0.3) is 0 Å². The molecule has 0 aromatic rings. The number of halogens is 2. The molecule has 0 atom stereocenters. The van der Waals surface area contributed by atoms with Gasteiger partial charge >= 0.3 is 11.2 Å². The number of hydrogen-bond acceptors (Lipinski definition) is 7. The highest BCUT2D eigenvalue weighted by atomic mass is 32.2. The van der Waals surface area contributed by atoms with Gasteiger partial charge in [0, 0.05) is 6.61 Å². The first-order chi connectivity index (χ1) is 8.99. The third kappa shape index (κ3) is 5.57. The highest BCUT2D eigenvalue weighted by Crippen LogP contribution is 2.33. The Labute approximate surface area is 113 Å². The Morgan fingerprint density at radius 1 is 1.32 bits per heavy atom. The van der Waals surface area contributed by atoms with Crippen molar-refractivity contribution in [1.29, 1.82) is 0 Å². The zero-order valence-electron chi connectivity index (χ0n) is 10.3. The van der Waals surface area contributed by atoms with Crippen LogP contribution in [0.15, 0.2) is 0 Å². The lowest BCUT2D eigenvalue weighted by molar-refractivity contribution is -0.433. The Kier molecular flexibility index (Phi) is 6.94. The number of ether oxygens (including phenoxy) is 2. The number of alkyl halides is 2. The van der Waals surface area contributed by atoms with E-state index in [9.17, 15) is 13.6 Å². The number of carbonyl (C=O) groups is 1. The van der Waals surface area contributed by atoms with Crippen molar-refractivity contribution in [3.8, 4) is 0 Å². The molecule has 0 bridgehead atoms. The van der Waals surface area contributed by atoms with Crippen molar-refractivity contribution in [1.82, 2.24) is 0 Å². The van der Waals surface area contributed by atoms with Gasteiger partial charge in [0.1, 0.15) is 18.1 Å². The van der Waals surface area contributed by atoms with Crippen molar-refractivity contribution in [2.75, 3.05) is 6.61 Å². The molecule has 1 rings (SSSR count). The van der Waals surface area contributed by atoms with E-state index in [0.29, 0.717) is 32.3 Å². The van der Waals surface area contributed by atoms with E-state index in [0.717, 1.165) is 0 Å². The number of hydrogen-bond donors (Lipinski definition) is 1. The number of rotatable bonds is 7. The molecule has 0 aromatic carbocycles. The second kappa shape index (κ2) is 7.95. The molecule has 0 saturated heterocycles. The Balaban J connectivity index is 2.33. The normalized spacial score (nSPS) is 24.2. The van der Waals surface area contributed by atoms with Crippen LogP contribution in [0.1, 0.15) is 32.6 Å². The summed E-state index contributed by atoms with van der Waals surface area (Å²) in [5.41, 5.74) is 0. The molecule has 0 aromatic heterocycles. The van der Waals surface area contributed by atoms with Crippen LogP contribution >= 0.6 is 12.0 Å². The molecule has 0 aliphatic heterocycles. The molecule has 1 aliphatic rings. The van der Waals surface area contributed by atoms with Gasteiger partial charge in [0.05, 0.1) is 6.10 Å². The minimum atomic E-state index is -3.93. The van der Waals surface area contributed by atoms with Gasteiger partial charge in [-0.05, 0) is 32.6 Å². The second-order valence-electron chi connectivity index (χ2n) is 4.00. The molecule has 1 fully saturated rings. The fourth-order valence-electron chi connectivity index (χ4n) is 1.86. The molecule has 19 heavy (non-hydrogen) atoms. The fourth-order valence-corrected chi connectivity index (χ4v) is 2.10. The van der Waals surface area contributed by atoms with E-state index in [-0.39, 0.29) is 6.10 Å². The molecular formula is C10H16F2O6S. The van der Waals surface area contributed by atoms with Crippen molar-refractivity contribution in [2.24, 2.45) is 0 Å². The van der Waals surface area contributed by atoms with Gasteiger partial charge in [-0.3, -0.25) is 0 Å². The van der Waals surface area contributed by atoms with Crippen LogP contribution in [-0.2, 0) is 23.6 Å². The highest BCUT2D eigenvalue weighted by molar-refractivity contribution is 7.96. The van der Waals surface area contributed by atoms with Gasteiger partial charge in [0.2, 0.25) is 0 Å². The maximum absolute atomic E-state index is 13.1. The van der Waals surface area contributed by atoms with E-state index < -0.39 is 29.4 Å². The SMILES string of the molecule is CCOC1CCC(OC(=O)C(F)(F)SOOO)CC1. The summed E-state index contributed by atoms with van der Waals surface area (Å²) in [6, 6.07) is 0. The Bertz CT molecular complexity index is 283. The van der Waals surface area contributed by atoms with Crippen LogP contribution in [-0.4, -0.2) is 35.3 Å². The molecule has 0 spiro atoms. The van der Waals surface area contributed by atoms with Gasteiger partial charge in [-0.25, -0.2) is 10.1 Å². The topological polar surface area (TPSA) is 74.2 Å². The van der Waals surface area contributed by atoms with E-state index >= 15 is 0 Å². The Morgan fingerprint density at radius 2 is 1.89 bits per heavy atom. The highest BCUT2D eigenvalue weighted by Gasteiger charge is 2.45. The van der Waals surface area contributed by atoms with Crippen LogP contribution in [0.3, 0.4) is 0 Å². The van der Waals surface area contributed by atoms with Gasteiger partial charge in [0.15, 0.2) is 0 Å². The van der Waals surface area contributed by atoms with Crippen molar-refractivity contribution in [2.45, 2.75) is 50.1 Å². The van der Waals surface area contributed by atoms with Crippen LogP contribution in [0.4, 0.5) is 8.78 Å². The predicted molar refractivity (Wildman–Crippen MR) is 61.1 cm³/mol. The van der Waals surface area contributed by atoms with Gasteiger partial charge < -0.3 is 9.47 Å². The van der Waals surface area contributed by atoms with Gasteiger partial charge in [-0.2, -0.15) is 8.78 Å². The van der Waals surface area contributed by atoms with Gasteiger partial charge in [0.25, 0.3) is 0 Å². The number of carbonyl (C=O) groups excluding carboxylic acids is 1. The summed E-state index contributed by atoms with van der Waals surface area (Å²) >= 11 is -0.621. The first kappa shape index (κ1) is 16.6. The maximum Gasteiger partial charge on any atom is 0.415 e. The zero-order valence-corrected chi connectivity index (χ0v) is 11.2. The minimum absolute atomic E-state index is 0.0981. The fraction of sp³-hybridized carbons (Fsp3) is 0.900. The maximum atomic E-state index is 13.1. The van der Waals surface area contributed by atoms with Crippen LogP contribution in [0.5, 0.6) is 0 Å².